The minimum Gasteiger partial charge on any atom is -0.478 e. The van der Waals surface area contributed by atoms with Crippen molar-refractivity contribution < 1.29 is 14.3 Å². The van der Waals surface area contributed by atoms with Crippen LogP contribution in [-0.4, -0.2) is 23.1 Å². The molecule has 0 bridgehead atoms. The Labute approximate surface area is 110 Å². The highest BCUT2D eigenvalue weighted by Crippen LogP contribution is 2.27. The minimum absolute atomic E-state index is 0.109. The molecule has 5 heteroatoms. The van der Waals surface area contributed by atoms with E-state index in [1.165, 1.54) is 18.3 Å². The van der Waals surface area contributed by atoms with Gasteiger partial charge in [-0.2, -0.15) is 0 Å². The van der Waals surface area contributed by atoms with Gasteiger partial charge in [-0.15, -0.1) is 0 Å². The predicted molar refractivity (Wildman–Crippen MR) is 70.4 cm³/mol. The number of hydrogen-bond acceptors (Lipinski definition) is 3. The van der Waals surface area contributed by atoms with Gasteiger partial charge in [0.1, 0.15) is 11.4 Å². The number of aromatic carboxylic acids is 1. The van der Waals surface area contributed by atoms with Gasteiger partial charge >= 0.3 is 5.97 Å². The number of carboxylic acids is 1. The first kappa shape index (κ1) is 13.0. The van der Waals surface area contributed by atoms with Crippen LogP contribution in [0.25, 0.3) is 0 Å². The lowest BCUT2D eigenvalue weighted by Crippen LogP contribution is -2.14. The summed E-state index contributed by atoms with van der Waals surface area (Å²) < 4.78 is 12.9. The van der Waals surface area contributed by atoms with E-state index < -0.39 is 5.97 Å². The van der Waals surface area contributed by atoms with Crippen LogP contribution in [0.4, 0.5) is 15.8 Å². The van der Waals surface area contributed by atoms with E-state index in [-0.39, 0.29) is 11.4 Å². The number of benzene rings is 1. The highest BCUT2D eigenvalue weighted by atomic mass is 19.1. The summed E-state index contributed by atoms with van der Waals surface area (Å²) >= 11 is 0. The number of halogens is 1. The molecule has 4 nitrogen and oxygen atoms in total. The van der Waals surface area contributed by atoms with Gasteiger partial charge in [-0.3, -0.25) is 4.98 Å². The van der Waals surface area contributed by atoms with Crippen molar-refractivity contribution >= 4 is 17.3 Å². The van der Waals surface area contributed by atoms with Crippen LogP contribution in [0.5, 0.6) is 0 Å². The van der Waals surface area contributed by atoms with Crippen LogP contribution in [0, 0.1) is 12.7 Å². The lowest BCUT2D eigenvalue weighted by molar-refractivity contribution is 0.0697. The quantitative estimate of drug-likeness (QED) is 0.921. The molecule has 1 aromatic carbocycles. The molecule has 1 heterocycles. The second-order valence-electron chi connectivity index (χ2n) is 4.18. The monoisotopic (exact) mass is 260 g/mol. The molecular formula is C14H13FN2O2. The van der Waals surface area contributed by atoms with Crippen molar-refractivity contribution in [1.29, 1.82) is 0 Å². The van der Waals surface area contributed by atoms with Crippen LogP contribution in [0.3, 0.4) is 0 Å². The minimum atomic E-state index is -1.04. The molecule has 2 aromatic rings. The van der Waals surface area contributed by atoms with Crippen LogP contribution >= 0.6 is 0 Å². The summed E-state index contributed by atoms with van der Waals surface area (Å²) in [4.78, 5) is 16.9. The summed E-state index contributed by atoms with van der Waals surface area (Å²) in [5.74, 6) is -1.38. The smallest absolute Gasteiger partial charge is 0.339 e. The molecule has 0 aliphatic heterocycles. The number of nitrogens with zero attached hydrogens (tertiary/aromatic N) is 2. The highest BCUT2D eigenvalue weighted by molar-refractivity contribution is 5.95. The summed E-state index contributed by atoms with van der Waals surface area (Å²) in [6.45, 7) is 1.79. The Kier molecular flexibility index (Phi) is 3.46. The van der Waals surface area contributed by atoms with Gasteiger partial charge < -0.3 is 10.0 Å². The molecule has 1 N–H and O–H groups in total. The van der Waals surface area contributed by atoms with E-state index in [1.807, 2.05) is 0 Å². The lowest BCUT2D eigenvalue weighted by Gasteiger charge is -2.21. The Bertz CT molecular complexity index is 611. The number of carboxylic acid groups (broad SMARTS) is 1. The summed E-state index contributed by atoms with van der Waals surface area (Å²) in [5.41, 5.74) is 2.05. The zero-order chi connectivity index (χ0) is 14.0. The Morgan fingerprint density at radius 2 is 1.95 bits per heavy atom. The molecule has 0 saturated heterocycles. The van der Waals surface area contributed by atoms with Crippen molar-refractivity contribution in [2.75, 3.05) is 11.9 Å². The molecule has 0 atom stereocenters. The SMILES string of the molecule is Cc1cc(N(C)c2ccc(F)cc2)c(C(=O)O)cn1. The zero-order valence-electron chi connectivity index (χ0n) is 10.6. The van der Waals surface area contributed by atoms with E-state index in [9.17, 15) is 9.18 Å². The van der Waals surface area contributed by atoms with Gasteiger partial charge in [0.25, 0.3) is 0 Å². The molecule has 0 aliphatic carbocycles. The fourth-order valence-corrected chi connectivity index (χ4v) is 1.79. The molecule has 0 radical (unpaired) electrons. The molecule has 0 amide bonds. The van der Waals surface area contributed by atoms with Crippen molar-refractivity contribution in [3.63, 3.8) is 0 Å². The first-order chi connectivity index (χ1) is 8.99. The molecule has 19 heavy (non-hydrogen) atoms. The maximum Gasteiger partial charge on any atom is 0.339 e. The molecule has 2 rings (SSSR count). The first-order valence-corrected chi connectivity index (χ1v) is 5.68. The molecule has 98 valence electrons. The third kappa shape index (κ3) is 2.70. The number of hydrogen-bond donors (Lipinski definition) is 1. The fraction of sp³-hybridized carbons (Fsp3) is 0.143. The van der Waals surface area contributed by atoms with Crippen LogP contribution in [0.2, 0.25) is 0 Å². The van der Waals surface area contributed by atoms with Crippen LogP contribution in [0.1, 0.15) is 16.1 Å². The van der Waals surface area contributed by atoms with Crippen LogP contribution in [0.15, 0.2) is 36.5 Å². The van der Waals surface area contributed by atoms with Crippen LogP contribution < -0.4 is 4.90 Å². The number of aryl methyl sites for hydroxylation is 1. The van der Waals surface area contributed by atoms with E-state index >= 15 is 0 Å². The molecule has 1 aromatic heterocycles. The maximum atomic E-state index is 12.9. The highest BCUT2D eigenvalue weighted by Gasteiger charge is 2.15. The fourth-order valence-electron chi connectivity index (χ4n) is 1.79. The molecule has 0 spiro atoms. The van der Waals surface area contributed by atoms with Gasteiger partial charge in [-0.1, -0.05) is 0 Å². The zero-order valence-corrected chi connectivity index (χ0v) is 10.6. The number of rotatable bonds is 3. The first-order valence-electron chi connectivity index (χ1n) is 5.68. The van der Waals surface area contributed by atoms with Crippen molar-refractivity contribution in [1.82, 2.24) is 4.98 Å². The molecule has 0 unspecified atom stereocenters. The van der Waals surface area contributed by atoms with E-state index in [0.29, 0.717) is 17.1 Å². The number of anilines is 2. The van der Waals surface area contributed by atoms with Crippen molar-refractivity contribution in [3.05, 3.63) is 53.6 Å². The van der Waals surface area contributed by atoms with E-state index in [2.05, 4.69) is 4.98 Å². The van der Waals surface area contributed by atoms with Gasteiger partial charge in [0.15, 0.2) is 0 Å². The summed E-state index contributed by atoms with van der Waals surface area (Å²) in [7, 11) is 1.73. The van der Waals surface area contributed by atoms with E-state index in [0.717, 1.165) is 0 Å². The van der Waals surface area contributed by atoms with Gasteiger partial charge in [0.2, 0.25) is 0 Å². The summed E-state index contributed by atoms with van der Waals surface area (Å²) in [6.07, 6.45) is 1.33. The molecule has 0 saturated carbocycles. The Morgan fingerprint density at radius 3 is 2.53 bits per heavy atom. The maximum absolute atomic E-state index is 12.9. The summed E-state index contributed by atoms with van der Waals surface area (Å²) in [5, 5.41) is 9.17. The number of carbonyl (C=O) groups is 1. The molecule has 0 aliphatic rings. The Hall–Kier alpha value is -2.43. The standard InChI is InChI=1S/C14H13FN2O2/c1-9-7-13(12(8-16-9)14(18)19)17(2)11-5-3-10(15)4-6-11/h3-8H,1-2H3,(H,18,19). The third-order valence-corrected chi connectivity index (χ3v) is 2.82. The van der Waals surface area contributed by atoms with Crippen molar-refractivity contribution in [2.45, 2.75) is 6.92 Å². The number of pyridine rings is 1. The van der Waals surface area contributed by atoms with Gasteiger partial charge in [-0.25, -0.2) is 9.18 Å². The molecular weight excluding hydrogens is 247 g/mol. The van der Waals surface area contributed by atoms with Crippen LogP contribution in [-0.2, 0) is 0 Å². The Morgan fingerprint density at radius 1 is 1.32 bits per heavy atom. The van der Waals surface area contributed by atoms with Gasteiger partial charge in [0.05, 0.1) is 5.69 Å². The normalized spacial score (nSPS) is 10.3. The average Bonchev–Trinajstić information content (AvgIpc) is 2.38. The largest absolute Gasteiger partial charge is 0.478 e. The van der Waals surface area contributed by atoms with E-state index in [4.69, 9.17) is 5.11 Å². The Balaban J connectivity index is 2.48. The molecule has 0 fully saturated rings. The third-order valence-electron chi connectivity index (χ3n) is 2.82. The van der Waals surface area contributed by atoms with Crippen molar-refractivity contribution in [3.8, 4) is 0 Å². The van der Waals surface area contributed by atoms with E-state index in [1.54, 1.807) is 37.1 Å². The topological polar surface area (TPSA) is 53.4 Å². The van der Waals surface area contributed by atoms with Crippen molar-refractivity contribution in [2.24, 2.45) is 0 Å². The lowest BCUT2D eigenvalue weighted by atomic mass is 10.1. The predicted octanol–water partition coefficient (Wildman–Crippen LogP) is 3.00. The van der Waals surface area contributed by atoms with Gasteiger partial charge in [0, 0.05) is 24.6 Å². The van der Waals surface area contributed by atoms with Gasteiger partial charge in [-0.05, 0) is 37.3 Å². The summed E-state index contributed by atoms with van der Waals surface area (Å²) in [6, 6.07) is 7.54. The number of aromatic nitrogens is 1. The second kappa shape index (κ2) is 5.06. The average molecular weight is 260 g/mol. The second-order valence-corrected chi connectivity index (χ2v) is 4.18.